The number of hydrogen-bond donors (Lipinski definition) is 2. The van der Waals surface area contributed by atoms with Crippen LogP contribution in [0, 0.1) is 6.92 Å². The van der Waals surface area contributed by atoms with E-state index in [4.69, 9.17) is 14.5 Å². The number of rotatable bonds is 9. The van der Waals surface area contributed by atoms with Crippen molar-refractivity contribution in [3.05, 3.63) is 41.5 Å². The van der Waals surface area contributed by atoms with Gasteiger partial charge in [-0.05, 0) is 37.6 Å². The molecule has 2 N–H and O–H groups in total. The van der Waals surface area contributed by atoms with Crippen molar-refractivity contribution in [1.29, 1.82) is 0 Å². The summed E-state index contributed by atoms with van der Waals surface area (Å²) in [4.78, 5) is 7.19. The zero-order chi connectivity index (χ0) is 21.2. The highest BCUT2D eigenvalue weighted by atomic mass is 16.5. The molecule has 0 amide bonds. The summed E-state index contributed by atoms with van der Waals surface area (Å²) >= 11 is 0. The third kappa shape index (κ3) is 6.70. The smallest absolute Gasteiger partial charge is 0.191 e. The Morgan fingerprint density at radius 2 is 1.93 bits per heavy atom. The normalized spacial score (nSPS) is 15.2. The second kappa shape index (κ2) is 11.5. The first-order chi connectivity index (χ1) is 14.7. The van der Waals surface area contributed by atoms with Crippen molar-refractivity contribution in [1.82, 2.24) is 30.3 Å². The molecule has 0 atom stereocenters. The van der Waals surface area contributed by atoms with Gasteiger partial charge in [-0.25, -0.2) is 4.99 Å². The van der Waals surface area contributed by atoms with Crippen molar-refractivity contribution in [2.24, 2.45) is 12.0 Å². The first kappa shape index (κ1) is 22.0. The minimum absolute atomic E-state index is 0.565. The fourth-order valence-electron chi connectivity index (χ4n) is 3.18. The third-order valence-corrected chi connectivity index (χ3v) is 5.22. The number of hydrogen-bond acceptors (Lipinski definition) is 6. The molecule has 0 spiro atoms. The lowest BCUT2D eigenvalue weighted by atomic mass is 10.2. The zero-order valence-corrected chi connectivity index (χ0v) is 18.2. The summed E-state index contributed by atoms with van der Waals surface area (Å²) in [5, 5.41) is 15.2. The lowest BCUT2D eigenvalue weighted by Gasteiger charge is -2.26. The molecule has 9 nitrogen and oxygen atoms in total. The van der Waals surface area contributed by atoms with Crippen LogP contribution in [0.25, 0.3) is 0 Å². The van der Waals surface area contributed by atoms with Gasteiger partial charge in [0.1, 0.15) is 11.6 Å². The predicted octanol–water partition coefficient (Wildman–Crippen LogP) is 1.09. The van der Waals surface area contributed by atoms with Gasteiger partial charge < -0.3 is 24.7 Å². The van der Waals surface area contributed by atoms with Gasteiger partial charge in [-0.15, -0.1) is 10.2 Å². The van der Waals surface area contributed by atoms with E-state index in [1.165, 1.54) is 0 Å². The van der Waals surface area contributed by atoms with Crippen molar-refractivity contribution >= 4 is 5.96 Å². The highest BCUT2D eigenvalue weighted by Crippen LogP contribution is 2.11. The molecular formula is C21H33N7O2. The summed E-state index contributed by atoms with van der Waals surface area (Å²) in [5.74, 6) is 3.38. The SMILES string of the molecule is COc1ccc(CN=C(NCCCN2CCOCC2)NCc2nnc(C)n2C)cc1. The summed E-state index contributed by atoms with van der Waals surface area (Å²) in [6, 6.07) is 7.97. The van der Waals surface area contributed by atoms with E-state index in [0.29, 0.717) is 13.1 Å². The molecule has 3 rings (SSSR count). The van der Waals surface area contributed by atoms with Gasteiger partial charge in [-0.1, -0.05) is 12.1 Å². The quantitative estimate of drug-likeness (QED) is 0.360. The maximum atomic E-state index is 5.41. The molecule has 0 aliphatic carbocycles. The molecule has 1 aromatic carbocycles. The maximum absolute atomic E-state index is 5.41. The average molecular weight is 416 g/mol. The van der Waals surface area contributed by atoms with Crippen LogP contribution < -0.4 is 15.4 Å². The van der Waals surface area contributed by atoms with Crippen LogP contribution in [-0.4, -0.2) is 72.1 Å². The summed E-state index contributed by atoms with van der Waals surface area (Å²) in [6.45, 7) is 8.70. The molecule has 0 bridgehead atoms. The number of aliphatic imine (C=N–C) groups is 1. The first-order valence-electron chi connectivity index (χ1n) is 10.5. The Kier molecular flexibility index (Phi) is 8.46. The van der Waals surface area contributed by atoms with E-state index in [9.17, 15) is 0 Å². The van der Waals surface area contributed by atoms with E-state index in [1.54, 1.807) is 7.11 Å². The molecule has 0 unspecified atom stereocenters. The lowest BCUT2D eigenvalue weighted by Crippen LogP contribution is -2.40. The number of methoxy groups -OCH3 is 1. The van der Waals surface area contributed by atoms with E-state index in [-0.39, 0.29) is 0 Å². The van der Waals surface area contributed by atoms with Gasteiger partial charge in [-0.3, -0.25) is 4.90 Å². The van der Waals surface area contributed by atoms with Gasteiger partial charge >= 0.3 is 0 Å². The average Bonchev–Trinajstić information content (AvgIpc) is 3.11. The van der Waals surface area contributed by atoms with Crippen molar-refractivity contribution in [2.45, 2.75) is 26.4 Å². The number of ether oxygens (including phenoxy) is 2. The number of benzene rings is 1. The van der Waals surface area contributed by atoms with Crippen molar-refractivity contribution in [2.75, 3.05) is 46.5 Å². The Labute approximate surface area is 178 Å². The molecule has 1 aliphatic heterocycles. The summed E-state index contributed by atoms with van der Waals surface area (Å²) in [6.07, 6.45) is 1.05. The number of nitrogens with one attached hydrogen (secondary N) is 2. The molecule has 1 fully saturated rings. The fraction of sp³-hybridized carbons (Fsp3) is 0.571. The monoisotopic (exact) mass is 415 g/mol. The Hall–Kier alpha value is -2.65. The van der Waals surface area contributed by atoms with Gasteiger partial charge in [0, 0.05) is 26.7 Å². The maximum Gasteiger partial charge on any atom is 0.191 e. The van der Waals surface area contributed by atoms with Crippen LogP contribution in [0.4, 0.5) is 0 Å². The molecule has 164 valence electrons. The van der Waals surface area contributed by atoms with Gasteiger partial charge in [0.05, 0.1) is 33.4 Å². The Bertz CT molecular complexity index is 798. The second-order valence-electron chi connectivity index (χ2n) is 7.32. The van der Waals surface area contributed by atoms with E-state index >= 15 is 0 Å². The van der Waals surface area contributed by atoms with Crippen LogP contribution in [0.3, 0.4) is 0 Å². The number of aromatic nitrogens is 3. The minimum Gasteiger partial charge on any atom is -0.497 e. The number of guanidine groups is 1. The zero-order valence-electron chi connectivity index (χ0n) is 18.2. The predicted molar refractivity (Wildman–Crippen MR) is 117 cm³/mol. The Morgan fingerprint density at radius 1 is 1.17 bits per heavy atom. The molecule has 2 heterocycles. The molecule has 0 radical (unpaired) electrons. The molecule has 1 aromatic heterocycles. The molecule has 1 saturated heterocycles. The molecular weight excluding hydrogens is 382 g/mol. The standard InChI is InChI=1S/C21H33N7O2/c1-17-25-26-20(27(17)2)16-24-21(22-9-4-10-28-11-13-30-14-12-28)23-15-18-5-7-19(29-3)8-6-18/h5-8H,4,9-16H2,1-3H3,(H2,22,23,24). The number of aryl methyl sites for hydroxylation is 1. The van der Waals surface area contributed by atoms with Crippen LogP contribution >= 0.6 is 0 Å². The molecule has 2 aromatic rings. The topological polar surface area (TPSA) is 88.8 Å². The van der Waals surface area contributed by atoms with Crippen LogP contribution in [0.5, 0.6) is 5.75 Å². The Morgan fingerprint density at radius 3 is 2.60 bits per heavy atom. The van der Waals surface area contributed by atoms with Crippen molar-refractivity contribution in [3.8, 4) is 5.75 Å². The fourth-order valence-corrected chi connectivity index (χ4v) is 3.18. The largest absolute Gasteiger partial charge is 0.497 e. The molecule has 1 aliphatic rings. The third-order valence-electron chi connectivity index (χ3n) is 5.22. The number of nitrogens with zero attached hydrogens (tertiary/aromatic N) is 5. The Balaban J connectivity index is 1.54. The summed E-state index contributed by atoms with van der Waals surface area (Å²) < 4.78 is 12.6. The molecule has 9 heteroatoms. The van der Waals surface area contributed by atoms with Gasteiger partial charge in [0.25, 0.3) is 0 Å². The van der Waals surface area contributed by atoms with Gasteiger partial charge in [0.15, 0.2) is 11.8 Å². The second-order valence-corrected chi connectivity index (χ2v) is 7.32. The van der Waals surface area contributed by atoms with E-state index in [2.05, 4.69) is 25.7 Å². The lowest BCUT2D eigenvalue weighted by molar-refractivity contribution is 0.0376. The van der Waals surface area contributed by atoms with Crippen molar-refractivity contribution in [3.63, 3.8) is 0 Å². The summed E-state index contributed by atoms with van der Waals surface area (Å²) in [5.41, 5.74) is 1.12. The first-order valence-corrected chi connectivity index (χ1v) is 10.5. The molecule has 0 saturated carbocycles. The van der Waals surface area contributed by atoms with E-state index in [0.717, 1.165) is 74.7 Å². The van der Waals surface area contributed by atoms with Gasteiger partial charge in [0.2, 0.25) is 0 Å². The van der Waals surface area contributed by atoms with Gasteiger partial charge in [-0.2, -0.15) is 0 Å². The number of morpholine rings is 1. The van der Waals surface area contributed by atoms with Crippen LogP contribution in [0.15, 0.2) is 29.3 Å². The van der Waals surface area contributed by atoms with Crippen LogP contribution in [0.1, 0.15) is 23.6 Å². The highest BCUT2D eigenvalue weighted by molar-refractivity contribution is 5.79. The van der Waals surface area contributed by atoms with E-state index in [1.807, 2.05) is 42.8 Å². The summed E-state index contributed by atoms with van der Waals surface area (Å²) in [7, 11) is 3.64. The molecule has 30 heavy (non-hydrogen) atoms. The van der Waals surface area contributed by atoms with Crippen LogP contribution in [0.2, 0.25) is 0 Å². The van der Waals surface area contributed by atoms with E-state index < -0.39 is 0 Å². The minimum atomic E-state index is 0.565. The highest BCUT2D eigenvalue weighted by Gasteiger charge is 2.10. The van der Waals surface area contributed by atoms with Crippen molar-refractivity contribution < 1.29 is 9.47 Å². The van der Waals surface area contributed by atoms with Crippen LogP contribution in [-0.2, 0) is 24.9 Å².